The van der Waals surface area contributed by atoms with Gasteiger partial charge in [-0.15, -0.1) is 24.8 Å². The fourth-order valence-corrected chi connectivity index (χ4v) is 3.89. The van der Waals surface area contributed by atoms with Crippen LogP contribution in [0.3, 0.4) is 0 Å². The van der Waals surface area contributed by atoms with Gasteiger partial charge in [-0.2, -0.15) is 0 Å². The SMILES string of the molecule is COc1ccc(C(=O)N2CCN(C)CC2)cc1NC(=O)C[C@@H]1CCC[C@H]1N.Cl.Cl. The Morgan fingerprint density at radius 1 is 1.17 bits per heavy atom. The molecule has 1 saturated heterocycles. The van der Waals surface area contributed by atoms with Crippen LogP contribution in [0.2, 0.25) is 0 Å². The fourth-order valence-electron chi connectivity index (χ4n) is 3.89. The number of carbonyl (C=O) groups is 2. The average molecular weight is 447 g/mol. The van der Waals surface area contributed by atoms with E-state index >= 15 is 0 Å². The molecule has 29 heavy (non-hydrogen) atoms. The second-order valence-electron chi connectivity index (χ2n) is 7.62. The van der Waals surface area contributed by atoms with Gasteiger partial charge in [-0.05, 0) is 44.0 Å². The van der Waals surface area contributed by atoms with Crippen molar-refractivity contribution in [2.45, 2.75) is 31.7 Å². The summed E-state index contributed by atoms with van der Waals surface area (Å²) in [6, 6.07) is 5.30. The number of rotatable bonds is 5. The summed E-state index contributed by atoms with van der Waals surface area (Å²) in [6.45, 7) is 3.16. The molecule has 7 nitrogen and oxygen atoms in total. The molecule has 1 saturated carbocycles. The number of halogens is 2. The van der Waals surface area contributed by atoms with E-state index < -0.39 is 0 Å². The predicted octanol–water partition coefficient (Wildman–Crippen LogP) is 2.38. The number of likely N-dealkylation sites (N-methyl/N-ethyl adjacent to an activating group) is 1. The quantitative estimate of drug-likeness (QED) is 0.724. The van der Waals surface area contributed by atoms with Gasteiger partial charge in [0.2, 0.25) is 5.91 Å². The molecule has 0 unspecified atom stereocenters. The molecule has 3 rings (SSSR count). The van der Waals surface area contributed by atoms with Crippen LogP contribution in [0.4, 0.5) is 5.69 Å². The van der Waals surface area contributed by atoms with Crippen molar-refractivity contribution in [2.75, 3.05) is 45.7 Å². The van der Waals surface area contributed by atoms with Crippen LogP contribution < -0.4 is 15.8 Å². The van der Waals surface area contributed by atoms with Crippen molar-refractivity contribution in [1.82, 2.24) is 9.80 Å². The summed E-state index contributed by atoms with van der Waals surface area (Å²) in [7, 11) is 3.61. The van der Waals surface area contributed by atoms with E-state index in [1.54, 1.807) is 25.3 Å². The Hall–Kier alpha value is -1.54. The third-order valence-electron chi connectivity index (χ3n) is 5.68. The lowest BCUT2D eigenvalue weighted by atomic mass is 10.00. The molecule has 2 atom stereocenters. The number of methoxy groups -OCH3 is 1. The number of nitrogens with zero attached hydrogens (tertiary/aromatic N) is 2. The van der Waals surface area contributed by atoms with Crippen molar-refractivity contribution in [3.63, 3.8) is 0 Å². The van der Waals surface area contributed by atoms with Crippen LogP contribution in [0.1, 0.15) is 36.0 Å². The Morgan fingerprint density at radius 2 is 1.86 bits per heavy atom. The standard InChI is InChI=1S/C20H30N4O3.2ClH/c1-23-8-10-24(11-9-23)20(26)15-6-7-18(27-2)17(12-15)22-19(25)13-14-4-3-5-16(14)21;;/h6-7,12,14,16H,3-5,8-11,13,21H2,1-2H3,(H,22,25);2*1H/t14-,16+;;/m0../s1. The smallest absolute Gasteiger partial charge is 0.254 e. The minimum Gasteiger partial charge on any atom is -0.495 e. The lowest BCUT2D eigenvalue weighted by Gasteiger charge is -2.32. The van der Waals surface area contributed by atoms with Gasteiger partial charge in [-0.3, -0.25) is 9.59 Å². The normalized spacial score (nSPS) is 21.7. The number of carbonyl (C=O) groups excluding carboxylic acids is 2. The van der Waals surface area contributed by atoms with Crippen LogP contribution in [-0.2, 0) is 4.79 Å². The molecular formula is C20H32Cl2N4O3. The van der Waals surface area contributed by atoms with Crippen LogP contribution in [0.5, 0.6) is 5.75 Å². The van der Waals surface area contributed by atoms with E-state index in [1.807, 2.05) is 4.90 Å². The molecule has 1 aliphatic carbocycles. The van der Waals surface area contributed by atoms with Crippen molar-refractivity contribution >= 4 is 42.3 Å². The van der Waals surface area contributed by atoms with Gasteiger partial charge in [0.05, 0.1) is 12.8 Å². The molecule has 1 aromatic rings. The summed E-state index contributed by atoms with van der Waals surface area (Å²) in [5, 5.41) is 2.92. The fraction of sp³-hybridized carbons (Fsp3) is 0.600. The molecule has 164 valence electrons. The summed E-state index contributed by atoms with van der Waals surface area (Å²) in [5.41, 5.74) is 7.17. The minimum absolute atomic E-state index is 0. The summed E-state index contributed by atoms with van der Waals surface area (Å²) < 4.78 is 5.36. The lowest BCUT2D eigenvalue weighted by Crippen LogP contribution is -2.47. The van der Waals surface area contributed by atoms with Gasteiger partial charge in [-0.25, -0.2) is 0 Å². The average Bonchev–Trinajstić information content (AvgIpc) is 3.06. The number of benzene rings is 1. The summed E-state index contributed by atoms with van der Waals surface area (Å²) in [5.74, 6) is 0.680. The highest BCUT2D eigenvalue weighted by atomic mass is 35.5. The first-order valence-corrected chi connectivity index (χ1v) is 9.69. The first-order valence-electron chi connectivity index (χ1n) is 9.69. The second kappa shape index (κ2) is 11.6. The van der Waals surface area contributed by atoms with Gasteiger partial charge >= 0.3 is 0 Å². The van der Waals surface area contributed by atoms with Crippen molar-refractivity contribution in [1.29, 1.82) is 0 Å². The second-order valence-corrected chi connectivity index (χ2v) is 7.62. The van der Waals surface area contributed by atoms with E-state index in [2.05, 4.69) is 17.3 Å². The van der Waals surface area contributed by atoms with Gasteiger partial charge in [0, 0.05) is 44.2 Å². The number of nitrogens with two attached hydrogens (primary N) is 1. The molecule has 1 aromatic carbocycles. The van der Waals surface area contributed by atoms with Crippen molar-refractivity contribution in [3.8, 4) is 5.75 Å². The maximum atomic E-state index is 12.8. The monoisotopic (exact) mass is 446 g/mol. The maximum Gasteiger partial charge on any atom is 0.254 e. The Balaban J connectivity index is 0.00000210. The highest BCUT2D eigenvalue weighted by molar-refractivity contribution is 5.98. The minimum atomic E-state index is -0.0835. The van der Waals surface area contributed by atoms with Gasteiger partial charge in [-0.1, -0.05) is 6.42 Å². The highest BCUT2D eigenvalue weighted by Gasteiger charge is 2.27. The van der Waals surface area contributed by atoms with E-state index in [-0.39, 0.29) is 48.6 Å². The number of nitrogens with one attached hydrogen (secondary N) is 1. The third-order valence-corrected chi connectivity index (χ3v) is 5.68. The van der Waals surface area contributed by atoms with E-state index in [1.165, 1.54) is 0 Å². The molecule has 1 aliphatic heterocycles. The Labute approximate surface area is 185 Å². The molecule has 3 N–H and O–H groups in total. The van der Waals surface area contributed by atoms with Crippen LogP contribution in [-0.4, -0.2) is 68.0 Å². The summed E-state index contributed by atoms with van der Waals surface area (Å²) in [4.78, 5) is 29.3. The molecule has 2 aliphatic rings. The topological polar surface area (TPSA) is 87.9 Å². The first-order chi connectivity index (χ1) is 13.0. The van der Waals surface area contributed by atoms with E-state index in [9.17, 15) is 9.59 Å². The van der Waals surface area contributed by atoms with Gasteiger partial charge in [0.25, 0.3) is 5.91 Å². The highest BCUT2D eigenvalue weighted by Crippen LogP contribution is 2.29. The van der Waals surface area contributed by atoms with Crippen LogP contribution in [0.25, 0.3) is 0 Å². The number of piperazine rings is 1. The van der Waals surface area contributed by atoms with E-state index in [4.69, 9.17) is 10.5 Å². The first kappa shape index (κ1) is 25.5. The predicted molar refractivity (Wildman–Crippen MR) is 119 cm³/mol. The van der Waals surface area contributed by atoms with E-state index in [0.717, 1.165) is 32.4 Å². The number of anilines is 1. The van der Waals surface area contributed by atoms with Crippen LogP contribution >= 0.6 is 24.8 Å². The molecule has 0 aromatic heterocycles. The summed E-state index contributed by atoms with van der Waals surface area (Å²) in [6.07, 6.45) is 3.46. The van der Waals surface area contributed by atoms with Gasteiger partial charge in [0.15, 0.2) is 0 Å². The molecule has 1 heterocycles. The number of hydrogen-bond acceptors (Lipinski definition) is 5. The summed E-state index contributed by atoms with van der Waals surface area (Å²) >= 11 is 0. The molecule has 2 amide bonds. The molecule has 9 heteroatoms. The molecule has 0 spiro atoms. The van der Waals surface area contributed by atoms with E-state index in [0.29, 0.717) is 36.5 Å². The molecular weight excluding hydrogens is 415 g/mol. The van der Waals surface area contributed by atoms with Crippen LogP contribution in [0.15, 0.2) is 18.2 Å². The largest absolute Gasteiger partial charge is 0.495 e. The Kier molecular flexibility index (Phi) is 10.2. The number of hydrogen-bond donors (Lipinski definition) is 2. The zero-order chi connectivity index (χ0) is 19.4. The number of amides is 2. The lowest BCUT2D eigenvalue weighted by molar-refractivity contribution is -0.117. The Morgan fingerprint density at radius 3 is 2.45 bits per heavy atom. The zero-order valence-electron chi connectivity index (χ0n) is 17.1. The Bertz CT molecular complexity index is 696. The van der Waals surface area contributed by atoms with Gasteiger partial charge in [0.1, 0.15) is 5.75 Å². The van der Waals surface area contributed by atoms with Crippen molar-refractivity contribution in [2.24, 2.45) is 11.7 Å². The third kappa shape index (κ3) is 6.47. The zero-order valence-corrected chi connectivity index (χ0v) is 18.7. The van der Waals surface area contributed by atoms with Crippen molar-refractivity contribution < 1.29 is 14.3 Å². The maximum absolute atomic E-state index is 12.8. The molecule has 0 radical (unpaired) electrons. The van der Waals surface area contributed by atoms with Gasteiger partial charge < -0.3 is 25.6 Å². The van der Waals surface area contributed by atoms with Crippen molar-refractivity contribution in [3.05, 3.63) is 23.8 Å². The van der Waals surface area contributed by atoms with Crippen LogP contribution in [0, 0.1) is 5.92 Å². The molecule has 2 fully saturated rings. The molecule has 0 bridgehead atoms. The number of ether oxygens (including phenoxy) is 1.